The van der Waals surface area contributed by atoms with Gasteiger partial charge in [-0.3, -0.25) is 0 Å². The standard InChI is InChI=1S/C11H25ClSSi/c1-14(2,12)11-9-7-5-3-4-6-8-10-13/h13H,3-11H2,1-2H3. The number of thiol groups is 1. The summed E-state index contributed by atoms with van der Waals surface area (Å²) >= 11 is 10.4. The summed E-state index contributed by atoms with van der Waals surface area (Å²) in [5, 5.41) is 0. The molecule has 0 nitrogen and oxygen atoms in total. The quantitative estimate of drug-likeness (QED) is 0.251. The zero-order chi connectivity index (χ0) is 10.9. The molecule has 0 aromatic rings. The summed E-state index contributed by atoms with van der Waals surface area (Å²) in [4.78, 5) is 0. The van der Waals surface area contributed by atoms with E-state index in [4.69, 9.17) is 11.1 Å². The van der Waals surface area contributed by atoms with Crippen LogP contribution in [0, 0.1) is 0 Å². The number of unbranched alkanes of at least 4 members (excludes halogenated alkanes) is 6. The van der Waals surface area contributed by atoms with Gasteiger partial charge < -0.3 is 0 Å². The molecule has 3 heteroatoms. The van der Waals surface area contributed by atoms with Gasteiger partial charge in [0.15, 0.2) is 0 Å². The number of hydrogen-bond donors (Lipinski definition) is 1. The van der Waals surface area contributed by atoms with Gasteiger partial charge in [-0.15, -0.1) is 0 Å². The van der Waals surface area contributed by atoms with Gasteiger partial charge >= 0.3 is 0 Å². The first-order valence-electron chi connectivity index (χ1n) is 5.86. The van der Waals surface area contributed by atoms with Gasteiger partial charge in [-0.05, 0) is 18.2 Å². The highest BCUT2D eigenvalue weighted by molar-refractivity contribution is 7.80. The summed E-state index contributed by atoms with van der Waals surface area (Å²) in [5.41, 5.74) is 0. The molecule has 0 aromatic carbocycles. The number of hydrogen-bond acceptors (Lipinski definition) is 1. The van der Waals surface area contributed by atoms with Crippen LogP contribution in [-0.2, 0) is 0 Å². The van der Waals surface area contributed by atoms with E-state index in [-0.39, 0.29) is 0 Å². The van der Waals surface area contributed by atoms with E-state index in [0.717, 1.165) is 5.75 Å². The second kappa shape index (κ2) is 9.11. The molecule has 0 saturated carbocycles. The lowest BCUT2D eigenvalue weighted by Gasteiger charge is -2.11. The molecule has 0 aliphatic rings. The van der Waals surface area contributed by atoms with Crippen LogP contribution in [-0.4, -0.2) is 13.1 Å². The Labute approximate surface area is 101 Å². The molecule has 0 heterocycles. The molecule has 0 N–H and O–H groups in total. The molecular formula is C11H25ClSSi. The minimum absolute atomic E-state index is 1.05. The fourth-order valence-corrected chi connectivity index (χ4v) is 3.26. The summed E-state index contributed by atoms with van der Waals surface area (Å²) in [5.74, 6) is 1.05. The van der Waals surface area contributed by atoms with Crippen molar-refractivity contribution in [2.24, 2.45) is 0 Å². The molecule has 0 radical (unpaired) electrons. The van der Waals surface area contributed by atoms with E-state index in [1.165, 1.54) is 51.0 Å². The van der Waals surface area contributed by atoms with Crippen molar-refractivity contribution in [2.45, 2.75) is 64.1 Å². The van der Waals surface area contributed by atoms with Gasteiger partial charge in [0.1, 0.15) is 7.38 Å². The van der Waals surface area contributed by atoms with E-state index in [1.807, 2.05) is 0 Å². The highest BCUT2D eigenvalue weighted by Crippen LogP contribution is 2.19. The molecule has 0 unspecified atom stereocenters. The van der Waals surface area contributed by atoms with Gasteiger partial charge in [0.05, 0.1) is 0 Å². The van der Waals surface area contributed by atoms with Gasteiger partial charge in [0.2, 0.25) is 0 Å². The molecule has 86 valence electrons. The van der Waals surface area contributed by atoms with Crippen molar-refractivity contribution in [3.05, 3.63) is 0 Å². The van der Waals surface area contributed by atoms with Crippen molar-refractivity contribution in [1.82, 2.24) is 0 Å². The lowest BCUT2D eigenvalue weighted by atomic mass is 10.1. The van der Waals surface area contributed by atoms with Crippen LogP contribution in [0.2, 0.25) is 19.1 Å². The minimum Gasteiger partial charge on any atom is -0.179 e. The van der Waals surface area contributed by atoms with Gasteiger partial charge in [0, 0.05) is 0 Å². The second-order valence-corrected chi connectivity index (χ2v) is 12.1. The van der Waals surface area contributed by atoms with Crippen LogP contribution in [0.3, 0.4) is 0 Å². The predicted octanol–water partition coefficient (Wildman–Crippen LogP) is 5.09. The fraction of sp³-hybridized carbons (Fsp3) is 1.00. The van der Waals surface area contributed by atoms with E-state index in [0.29, 0.717) is 0 Å². The molecule has 0 bridgehead atoms. The molecule has 0 aliphatic heterocycles. The maximum atomic E-state index is 6.24. The molecule has 14 heavy (non-hydrogen) atoms. The Hall–Kier alpha value is 0.857. The average molecular weight is 253 g/mol. The molecule has 0 aromatic heterocycles. The Morgan fingerprint density at radius 3 is 1.71 bits per heavy atom. The lowest BCUT2D eigenvalue weighted by Crippen LogP contribution is -2.14. The first-order chi connectivity index (χ1) is 6.56. The SMILES string of the molecule is C[Si](C)(Cl)CCCCCCCCCS. The van der Waals surface area contributed by atoms with E-state index in [9.17, 15) is 0 Å². The monoisotopic (exact) mass is 252 g/mol. The van der Waals surface area contributed by atoms with Crippen molar-refractivity contribution >= 4 is 31.1 Å². The van der Waals surface area contributed by atoms with Crippen molar-refractivity contribution < 1.29 is 0 Å². The van der Waals surface area contributed by atoms with Gasteiger partial charge in [-0.2, -0.15) is 23.7 Å². The van der Waals surface area contributed by atoms with Crippen LogP contribution >= 0.6 is 23.7 Å². The number of rotatable bonds is 9. The molecule has 0 fully saturated rings. The van der Waals surface area contributed by atoms with Crippen LogP contribution in [0.4, 0.5) is 0 Å². The zero-order valence-electron chi connectivity index (χ0n) is 9.69. The molecular weight excluding hydrogens is 228 g/mol. The van der Waals surface area contributed by atoms with Gasteiger partial charge in [0.25, 0.3) is 0 Å². The maximum Gasteiger partial charge on any atom is 0.150 e. The predicted molar refractivity (Wildman–Crippen MR) is 74.3 cm³/mol. The minimum atomic E-state index is -1.28. The molecule has 0 atom stereocenters. The Bertz CT molecular complexity index is 123. The Balaban J connectivity index is 2.99. The first-order valence-corrected chi connectivity index (χ1v) is 10.7. The van der Waals surface area contributed by atoms with Crippen LogP contribution in [0.5, 0.6) is 0 Å². The summed E-state index contributed by atoms with van der Waals surface area (Å²) in [7, 11) is -1.28. The van der Waals surface area contributed by atoms with Crippen LogP contribution < -0.4 is 0 Å². The smallest absolute Gasteiger partial charge is 0.150 e. The molecule has 0 aliphatic carbocycles. The third-order valence-corrected chi connectivity index (χ3v) is 4.86. The molecule has 0 saturated heterocycles. The number of halogens is 1. The molecule has 0 amide bonds. The van der Waals surface area contributed by atoms with Crippen molar-refractivity contribution in [3.8, 4) is 0 Å². The fourth-order valence-electron chi connectivity index (χ4n) is 1.54. The average Bonchev–Trinajstić information content (AvgIpc) is 2.08. The van der Waals surface area contributed by atoms with Crippen molar-refractivity contribution in [1.29, 1.82) is 0 Å². The van der Waals surface area contributed by atoms with E-state index in [2.05, 4.69) is 25.7 Å². The van der Waals surface area contributed by atoms with E-state index < -0.39 is 7.38 Å². The van der Waals surface area contributed by atoms with Crippen LogP contribution in [0.1, 0.15) is 44.9 Å². The highest BCUT2D eigenvalue weighted by atomic mass is 35.6. The largest absolute Gasteiger partial charge is 0.179 e. The summed E-state index contributed by atoms with van der Waals surface area (Å²) in [6.45, 7) is 4.47. The lowest BCUT2D eigenvalue weighted by molar-refractivity contribution is 0.602. The maximum absolute atomic E-state index is 6.24. The van der Waals surface area contributed by atoms with Gasteiger partial charge in [-0.1, -0.05) is 51.6 Å². The molecule has 0 rings (SSSR count). The summed E-state index contributed by atoms with van der Waals surface area (Å²) < 4.78 is 0. The summed E-state index contributed by atoms with van der Waals surface area (Å²) in [6.07, 6.45) is 9.55. The van der Waals surface area contributed by atoms with Crippen LogP contribution in [0.15, 0.2) is 0 Å². The Kier molecular flexibility index (Phi) is 9.67. The topological polar surface area (TPSA) is 0 Å². The first kappa shape index (κ1) is 14.9. The normalized spacial score (nSPS) is 12.0. The summed E-state index contributed by atoms with van der Waals surface area (Å²) in [6, 6.07) is 1.28. The van der Waals surface area contributed by atoms with E-state index >= 15 is 0 Å². The third-order valence-electron chi connectivity index (χ3n) is 2.43. The second-order valence-electron chi connectivity index (χ2n) is 4.67. The van der Waals surface area contributed by atoms with Gasteiger partial charge in [-0.25, -0.2) is 0 Å². The molecule has 0 spiro atoms. The zero-order valence-corrected chi connectivity index (χ0v) is 12.3. The van der Waals surface area contributed by atoms with Crippen LogP contribution in [0.25, 0.3) is 0 Å². The Morgan fingerprint density at radius 2 is 1.29 bits per heavy atom. The third kappa shape index (κ3) is 12.9. The van der Waals surface area contributed by atoms with Crippen molar-refractivity contribution in [2.75, 3.05) is 5.75 Å². The van der Waals surface area contributed by atoms with Crippen molar-refractivity contribution in [3.63, 3.8) is 0 Å². The Morgan fingerprint density at radius 1 is 0.857 bits per heavy atom. The van der Waals surface area contributed by atoms with E-state index in [1.54, 1.807) is 0 Å². The highest BCUT2D eigenvalue weighted by Gasteiger charge is 2.15.